The quantitative estimate of drug-likeness (QED) is 0.622. The summed E-state index contributed by atoms with van der Waals surface area (Å²) in [6.45, 7) is 2.87. The molecule has 138 valence electrons. The molecule has 5 heteroatoms. The van der Waals surface area contributed by atoms with Gasteiger partial charge in [0.1, 0.15) is 0 Å². The molecule has 0 aromatic heterocycles. The first-order valence-electron chi connectivity index (χ1n) is 9.00. The molecule has 0 aliphatic carbocycles. The van der Waals surface area contributed by atoms with Gasteiger partial charge in [-0.1, -0.05) is 48.5 Å². The molecule has 1 aliphatic rings. The van der Waals surface area contributed by atoms with E-state index in [0.29, 0.717) is 12.0 Å². The minimum Gasteiger partial charge on any atom is -1.00 e. The summed E-state index contributed by atoms with van der Waals surface area (Å²) >= 11 is 0. The molecule has 1 heterocycles. The van der Waals surface area contributed by atoms with Crippen molar-refractivity contribution in [2.45, 2.75) is 25.3 Å². The smallest absolute Gasteiger partial charge is 0.251 e. The van der Waals surface area contributed by atoms with Gasteiger partial charge in [0.2, 0.25) is 0 Å². The topological polar surface area (TPSA) is 50.6 Å². The van der Waals surface area contributed by atoms with Gasteiger partial charge in [-0.2, -0.15) is 0 Å². The number of Topliss-reactive ketones (excluding diaryl/α,β-unsaturated/α-hetero) is 1. The van der Waals surface area contributed by atoms with Crippen molar-refractivity contribution in [1.29, 1.82) is 0 Å². The second kappa shape index (κ2) is 10.1. The van der Waals surface area contributed by atoms with E-state index in [2.05, 4.69) is 5.32 Å². The third kappa shape index (κ3) is 5.68. The fraction of sp³-hybridized carbons (Fsp3) is 0.333. The molecule has 1 fully saturated rings. The molecule has 1 amide bonds. The van der Waals surface area contributed by atoms with E-state index in [0.717, 1.165) is 38.0 Å². The van der Waals surface area contributed by atoms with Gasteiger partial charge in [0.05, 0.1) is 26.1 Å². The number of ketones is 1. The third-order valence-electron chi connectivity index (χ3n) is 4.87. The predicted octanol–water partition coefficient (Wildman–Crippen LogP) is -1.26. The standard InChI is InChI=1S/C21H24N2O2.ClH/c24-20(17-7-3-1-4-8-17)13-16-23-14-11-19(12-15-23)22-21(25)18-9-5-2-6-10-18;/h1-10,19H,11-16H2,(H,22,25);1H. The lowest BCUT2D eigenvalue weighted by atomic mass is 10.0. The van der Waals surface area contributed by atoms with Crippen LogP contribution >= 0.6 is 0 Å². The maximum Gasteiger partial charge on any atom is 0.251 e. The zero-order chi connectivity index (χ0) is 17.5. The lowest BCUT2D eigenvalue weighted by Crippen LogP contribution is -3.13. The van der Waals surface area contributed by atoms with E-state index >= 15 is 0 Å². The second-order valence-corrected chi connectivity index (χ2v) is 6.65. The van der Waals surface area contributed by atoms with Crippen LogP contribution in [0.25, 0.3) is 0 Å². The fourth-order valence-corrected chi connectivity index (χ4v) is 3.34. The van der Waals surface area contributed by atoms with Crippen LogP contribution < -0.4 is 22.6 Å². The monoisotopic (exact) mass is 372 g/mol. The number of rotatable bonds is 6. The number of nitrogens with one attached hydrogen (secondary N) is 2. The fourth-order valence-electron chi connectivity index (χ4n) is 3.34. The van der Waals surface area contributed by atoms with Gasteiger partial charge in [-0.3, -0.25) is 9.59 Å². The van der Waals surface area contributed by atoms with Crippen molar-refractivity contribution in [1.82, 2.24) is 5.32 Å². The predicted molar refractivity (Wildman–Crippen MR) is 97.9 cm³/mol. The second-order valence-electron chi connectivity index (χ2n) is 6.65. The maximum atomic E-state index is 12.2. The van der Waals surface area contributed by atoms with Crippen LogP contribution in [0.5, 0.6) is 0 Å². The van der Waals surface area contributed by atoms with Crippen LogP contribution in [-0.4, -0.2) is 37.4 Å². The van der Waals surface area contributed by atoms with Gasteiger partial charge in [-0.05, 0) is 12.1 Å². The first kappa shape index (κ1) is 20.1. The highest BCUT2D eigenvalue weighted by Crippen LogP contribution is 2.05. The van der Waals surface area contributed by atoms with Crippen molar-refractivity contribution in [3.8, 4) is 0 Å². The van der Waals surface area contributed by atoms with Crippen molar-refractivity contribution in [3.63, 3.8) is 0 Å². The number of quaternary nitrogens is 1. The Morgan fingerprint density at radius 3 is 2.00 bits per heavy atom. The molecule has 0 radical (unpaired) electrons. The SMILES string of the molecule is O=C(CC[NH+]1CCC(NC(=O)c2ccccc2)CC1)c1ccccc1.[Cl-]. The summed E-state index contributed by atoms with van der Waals surface area (Å²) in [6, 6.07) is 19.1. The molecule has 1 saturated heterocycles. The van der Waals surface area contributed by atoms with E-state index in [1.807, 2.05) is 60.7 Å². The first-order valence-corrected chi connectivity index (χ1v) is 9.00. The van der Waals surface area contributed by atoms with Crippen molar-refractivity contribution in [2.24, 2.45) is 0 Å². The van der Waals surface area contributed by atoms with Gasteiger partial charge in [-0.25, -0.2) is 0 Å². The van der Waals surface area contributed by atoms with E-state index in [1.54, 1.807) is 0 Å². The van der Waals surface area contributed by atoms with Crippen LogP contribution in [0, 0.1) is 0 Å². The Morgan fingerprint density at radius 2 is 1.42 bits per heavy atom. The van der Waals surface area contributed by atoms with E-state index in [4.69, 9.17) is 0 Å². The Kier molecular flexibility index (Phi) is 7.82. The summed E-state index contributed by atoms with van der Waals surface area (Å²) in [5.74, 6) is 0.223. The minimum atomic E-state index is 0. The number of amides is 1. The number of likely N-dealkylation sites (tertiary alicyclic amines) is 1. The van der Waals surface area contributed by atoms with Gasteiger partial charge >= 0.3 is 0 Å². The zero-order valence-corrected chi connectivity index (χ0v) is 15.5. The van der Waals surface area contributed by atoms with Gasteiger partial charge in [0.25, 0.3) is 5.91 Å². The van der Waals surface area contributed by atoms with Crippen molar-refractivity contribution in [3.05, 3.63) is 71.8 Å². The van der Waals surface area contributed by atoms with E-state index in [-0.39, 0.29) is 30.1 Å². The van der Waals surface area contributed by atoms with Gasteiger partial charge < -0.3 is 22.6 Å². The summed E-state index contributed by atoms with van der Waals surface area (Å²) in [4.78, 5) is 25.8. The van der Waals surface area contributed by atoms with Crippen LogP contribution in [-0.2, 0) is 0 Å². The average Bonchev–Trinajstić information content (AvgIpc) is 2.68. The van der Waals surface area contributed by atoms with Crippen LogP contribution in [0.2, 0.25) is 0 Å². The Labute approximate surface area is 161 Å². The average molecular weight is 373 g/mol. The number of piperidine rings is 1. The molecule has 0 atom stereocenters. The van der Waals surface area contributed by atoms with Crippen LogP contribution in [0.3, 0.4) is 0 Å². The summed E-state index contributed by atoms with van der Waals surface area (Å²) in [7, 11) is 0. The number of carbonyl (C=O) groups is 2. The molecule has 0 saturated carbocycles. The van der Waals surface area contributed by atoms with E-state index in [1.165, 1.54) is 4.90 Å². The van der Waals surface area contributed by atoms with Crippen molar-refractivity contribution < 1.29 is 26.9 Å². The molecular weight excluding hydrogens is 348 g/mol. The summed E-state index contributed by atoms with van der Waals surface area (Å²) in [5.41, 5.74) is 1.51. The van der Waals surface area contributed by atoms with Crippen LogP contribution in [0.4, 0.5) is 0 Å². The molecule has 2 N–H and O–H groups in total. The largest absolute Gasteiger partial charge is 1.00 e. The molecule has 26 heavy (non-hydrogen) atoms. The van der Waals surface area contributed by atoms with Crippen molar-refractivity contribution in [2.75, 3.05) is 19.6 Å². The van der Waals surface area contributed by atoms with E-state index < -0.39 is 0 Å². The normalized spacial score (nSPS) is 19.2. The molecule has 2 aromatic rings. The highest BCUT2D eigenvalue weighted by Gasteiger charge is 2.24. The molecular formula is C21H25ClN2O2. The highest BCUT2D eigenvalue weighted by molar-refractivity contribution is 5.96. The van der Waals surface area contributed by atoms with E-state index in [9.17, 15) is 9.59 Å². The molecule has 0 bridgehead atoms. The van der Waals surface area contributed by atoms with Crippen LogP contribution in [0.15, 0.2) is 60.7 Å². The molecule has 3 rings (SSSR count). The Morgan fingerprint density at radius 1 is 0.885 bits per heavy atom. The van der Waals surface area contributed by atoms with Gasteiger partial charge in [0, 0.05) is 30.0 Å². The molecule has 1 aliphatic heterocycles. The Bertz CT molecular complexity index is 698. The lowest BCUT2D eigenvalue weighted by molar-refractivity contribution is -0.904. The lowest BCUT2D eigenvalue weighted by Gasteiger charge is -2.29. The number of halogens is 1. The van der Waals surface area contributed by atoms with Crippen LogP contribution in [0.1, 0.15) is 40.0 Å². The molecule has 2 aromatic carbocycles. The number of hydrogen-bond acceptors (Lipinski definition) is 2. The molecule has 4 nitrogen and oxygen atoms in total. The van der Waals surface area contributed by atoms with Crippen molar-refractivity contribution >= 4 is 11.7 Å². The maximum absolute atomic E-state index is 12.2. The highest BCUT2D eigenvalue weighted by atomic mass is 35.5. The zero-order valence-electron chi connectivity index (χ0n) is 14.8. The first-order chi connectivity index (χ1) is 12.2. The summed E-state index contributed by atoms with van der Waals surface area (Å²) in [6.07, 6.45) is 2.52. The molecule has 0 spiro atoms. The van der Waals surface area contributed by atoms with Gasteiger partial charge in [-0.15, -0.1) is 0 Å². The minimum absolute atomic E-state index is 0. The summed E-state index contributed by atoms with van der Waals surface area (Å²) in [5, 5.41) is 3.13. The Balaban J connectivity index is 0.00000243. The third-order valence-corrected chi connectivity index (χ3v) is 4.87. The Hall–Kier alpha value is -2.17. The number of hydrogen-bond donors (Lipinski definition) is 2. The van der Waals surface area contributed by atoms with Gasteiger partial charge in [0.15, 0.2) is 5.78 Å². The number of benzene rings is 2. The molecule has 0 unspecified atom stereocenters. The number of carbonyl (C=O) groups excluding carboxylic acids is 2. The summed E-state index contributed by atoms with van der Waals surface area (Å²) < 4.78 is 0.